The first-order valence-electron chi connectivity index (χ1n) is 12.6. The minimum absolute atomic E-state index is 0.00446. The van der Waals surface area contributed by atoms with Gasteiger partial charge >= 0.3 is 0 Å². The summed E-state index contributed by atoms with van der Waals surface area (Å²) in [6.45, 7) is 0.0795. The van der Waals surface area contributed by atoms with Gasteiger partial charge in [0, 0.05) is 41.9 Å². The molecule has 2 bridgehead atoms. The Kier molecular flexibility index (Phi) is 8.50. The first kappa shape index (κ1) is 29.2. The number of carbonyl (C=O) groups is 3. The van der Waals surface area contributed by atoms with Gasteiger partial charge in [-0.1, -0.05) is 17.7 Å². The average Bonchev–Trinajstić information content (AvgIpc) is 3.25. The van der Waals surface area contributed by atoms with Gasteiger partial charge in [-0.2, -0.15) is 4.39 Å². The van der Waals surface area contributed by atoms with E-state index in [0.29, 0.717) is 42.4 Å². The highest BCUT2D eigenvalue weighted by Crippen LogP contribution is 2.49. The third-order valence-corrected chi connectivity index (χ3v) is 8.56. The molecule has 0 unspecified atom stereocenters. The van der Waals surface area contributed by atoms with Gasteiger partial charge in [-0.3, -0.25) is 14.4 Å². The summed E-state index contributed by atoms with van der Waals surface area (Å²) in [5.74, 6) is -7.20. The fourth-order valence-corrected chi connectivity index (χ4v) is 6.23. The Morgan fingerprint density at radius 3 is 2.64 bits per heavy atom. The Morgan fingerprint density at radius 2 is 2.03 bits per heavy atom. The van der Waals surface area contributed by atoms with Crippen LogP contribution in [-0.2, 0) is 24.2 Å². The van der Waals surface area contributed by atoms with Crippen LogP contribution in [0.3, 0.4) is 0 Å². The quantitative estimate of drug-likeness (QED) is 0.406. The number of nitrogens with zero attached hydrogens (tertiary/aromatic N) is 1. The minimum atomic E-state index is -4.25. The van der Waals surface area contributed by atoms with Crippen LogP contribution in [0.4, 0.5) is 18.9 Å². The van der Waals surface area contributed by atoms with E-state index < -0.39 is 69.1 Å². The predicted molar refractivity (Wildman–Crippen MR) is 138 cm³/mol. The van der Waals surface area contributed by atoms with Crippen molar-refractivity contribution in [2.24, 2.45) is 11.8 Å². The van der Waals surface area contributed by atoms with Gasteiger partial charge in [-0.05, 0) is 50.0 Å². The minimum Gasteiger partial charge on any atom is -0.376 e. The summed E-state index contributed by atoms with van der Waals surface area (Å²) in [5, 5.41) is 6.88. The Morgan fingerprint density at radius 1 is 1.28 bits per heavy atom. The van der Waals surface area contributed by atoms with Crippen LogP contribution in [0.5, 0.6) is 0 Å². The van der Waals surface area contributed by atoms with Gasteiger partial charge < -0.3 is 20.9 Å². The van der Waals surface area contributed by atoms with Crippen LogP contribution in [0, 0.1) is 11.8 Å². The van der Waals surface area contributed by atoms with Crippen molar-refractivity contribution < 1.29 is 36.0 Å². The highest BCUT2D eigenvalue weighted by atomic mass is 35.5. The van der Waals surface area contributed by atoms with Gasteiger partial charge in [0.25, 0.3) is 5.92 Å². The number of benzene rings is 1. The molecule has 9 nitrogen and oxygen atoms in total. The number of piperidine rings is 2. The third-order valence-electron chi connectivity index (χ3n) is 7.48. The van der Waals surface area contributed by atoms with E-state index in [9.17, 15) is 36.0 Å². The Balaban J connectivity index is 1.58. The monoisotopic (exact) mass is 590 g/mol. The zero-order valence-corrected chi connectivity index (χ0v) is 22.7. The van der Waals surface area contributed by atoms with Gasteiger partial charge in [0.2, 0.25) is 32.7 Å². The maximum atomic E-state index is 15.0. The zero-order chi connectivity index (χ0) is 28.5. The second-order valence-electron chi connectivity index (χ2n) is 10.3. The van der Waals surface area contributed by atoms with Crippen molar-refractivity contribution in [1.29, 1.82) is 0 Å². The number of amides is 3. The van der Waals surface area contributed by atoms with Crippen LogP contribution in [0.25, 0.3) is 0 Å². The summed E-state index contributed by atoms with van der Waals surface area (Å²) >= 11 is 5.97. The Bertz CT molecular complexity index is 1280. The second kappa shape index (κ2) is 11.4. The first-order valence-corrected chi connectivity index (χ1v) is 14.9. The summed E-state index contributed by atoms with van der Waals surface area (Å²) in [6.07, 6.45) is 1.27. The summed E-state index contributed by atoms with van der Waals surface area (Å²) in [7, 11) is -4.25. The molecule has 3 aliphatic heterocycles. The van der Waals surface area contributed by atoms with Crippen LogP contribution in [0.15, 0.2) is 35.5 Å². The molecule has 5 rings (SSSR count). The summed E-state index contributed by atoms with van der Waals surface area (Å²) in [6, 6.07) is 2.84. The lowest BCUT2D eigenvalue weighted by Crippen LogP contribution is -2.69. The molecule has 1 aromatic rings. The maximum absolute atomic E-state index is 15.0. The number of sulfone groups is 1. The highest BCUT2D eigenvalue weighted by Gasteiger charge is 2.60. The molecule has 1 saturated carbocycles. The van der Waals surface area contributed by atoms with Crippen molar-refractivity contribution in [2.45, 2.75) is 56.2 Å². The lowest BCUT2D eigenvalue weighted by atomic mass is 9.71. The van der Waals surface area contributed by atoms with E-state index in [-0.39, 0.29) is 25.3 Å². The van der Waals surface area contributed by atoms with E-state index in [1.807, 2.05) is 0 Å². The van der Waals surface area contributed by atoms with Crippen LogP contribution in [-0.4, -0.2) is 74.4 Å². The number of hydrogen-bond donors (Lipinski definition) is 3. The van der Waals surface area contributed by atoms with Gasteiger partial charge in [0.05, 0.1) is 18.5 Å². The molecule has 4 fully saturated rings. The topological polar surface area (TPSA) is 125 Å². The Labute approximate surface area is 229 Å². The molecular formula is C25H30ClF3N4O5S. The van der Waals surface area contributed by atoms with Gasteiger partial charge in [0.1, 0.15) is 6.04 Å². The predicted octanol–water partition coefficient (Wildman–Crippen LogP) is 2.63. The molecule has 1 aromatic carbocycles. The average molecular weight is 591 g/mol. The molecule has 3 heterocycles. The molecule has 14 heteroatoms. The third kappa shape index (κ3) is 6.68. The summed E-state index contributed by atoms with van der Waals surface area (Å²) in [5.41, 5.74) is 0.528. The lowest BCUT2D eigenvalue weighted by Gasteiger charge is -2.53. The molecule has 214 valence electrons. The van der Waals surface area contributed by atoms with Crippen LogP contribution >= 0.6 is 11.6 Å². The molecule has 39 heavy (non-hydrogen) atoms. The number of rotatable bonds is 9. The molecule has 0 spiro atoms. The Hall–Kier alpha value is -2.80. The van der Waals surface area contributed by atoms with E-state index >= 15 is 0 Å². The SMILES string of the molecule is CS(=O)(=O)/C(F)=C/[C@H](C[C@H]1CCNC1=O)NC(=O)[C@H]1[C@@H]2CC[C@@H](CC2(F)F)N1C(=O)CNc1cccc(Cl)c1. The maximum Gasteiger partial charge on any atom is 0.255 e. The van der Waals surface area contributed by atoms with Crippen molar-refractivity contribution in [3.63, 3.8) is 0 Å². The molecule has 3 N–H and O–H groups in total. The van der Waals surface area contributed by atoms with Gasteiger partial charge in [-0.25, -0.2) is 17.2 Å². The number of alkyl halides is 2. The molecule has 3 saturated heterocycles. The smallest absolute Gasteiger partial charge is 0.255 e. The van der Waals surface area contributed by atoms with Gasteiger partial charge in [0.15, 0.2) is 0 Å². The lowest BCUT2D eigenvalue weighted by molar-refractivity contribution is -0.193. The second-order valence-corrected chi connectivity index (χ2v) is 12.7. The van der Waals surface area contributed by atoms with Crippen LogP contribution in [0.2, 0.25) is 5.02 Å². The van der Waals surface area contributed by atoms with E-state index in [1.165, 1.54) is 0 Å². The molecule has 0 radical (unpaired) electrons. The number of anilines is 1. The van der Waals surface area contributed by atoms with E-state index in [4.69, 9.17) is 11.6 Å². The van der Waals surface area contributed by atoms with E-state index in [1.54, 1.807) is 24.3 Å². The fraction of sp³-hybridized carbons (Fsp3) is 0.560. The summed E-state index contributed by atoms with van der Waals surface area (Å²) < 4.78 is 67.7. The van der Waals surface area contributed by atoms with Crippen molar-refractivity contribution in [2.75, 3.05) is 24.7 Å². The normalized spacial score (nSPS) is 27.2. The van der Waals surface area contributed by atoms with Crippen LogP contribution in [0.1, 0.15) is 32.1 Å². The molecule has 1 aliphatic carbocycles. The van der Waals surface area contributed by atoms with Gasteiger partial charge in [-0.15, -0.1) is 0 Å². The number of halogens is 4. The summed E-state index contributed by atoms with van der Waals surface area (Å²) in [4.78, 5) is 40.1. The molecule has 4 aliphatic rings. The number of fused-ring (bicyclic) bond motifs is 3. The fourth-order valence-electron chi connectivity index (χ4n) is 5.63. The van der Waals surface area contributed by atoms with Crippen molar-refractivity contribution in [3.05, 3.63) is 40.5 Å². The molecule has 3 amide bonds. The van der Waals surface area contributed by atoms with E-state index in [2.05, 4.69) is 16.0 Å². The number of hydrogen-bond acceptors (Lipinski definition) is 6. The molecule has 0 aromatic heterocycles. The van der Waals surface area contributed by atoms with E-state index in [0.717, 1.165) is 4.90 Å². The number of nitrogens with one attached hydrogen (secondary N) is 3. The van der Waals surface area contributed by atoms with Crippen molar-refractivity contribution in [3.8, 4) is 0 Å². The van der Waals surface area contributed by atoms with Crippen LogP contribution < -0.4 is 16.0 Å². The molecule has 5 atom stereocenters. The van der Waals surface area contributed by atoms with Crippen molar-refractivity contribution in [1.82, 2.24) is 15.5 Å². The zero-order valence-electron chi connectivity index (χ0n) is 21.1. The standard InChI is InChI=1S/C25H30ClF3N4O5S/c1-39(37,38)20(27)11-17(9-14-7-8-30-23(14)35)32-24(36)22-19-6-5-18(12-25(19,28)29)33(22)21(34)13-31-16-4-2-3-15(26)10-16/h2-4,10-11,14,17-19,22,31H,5-9,12-13H2,1H3,(H,30,35)(H,32,36)/b20-11+/t14-,17+,18+,19+,22-/m1/s1. The molecular weight excluding hydrogens is 561 g/mol. The largest absolute Gasteiger partial charge is 0.376 e. The highest BCUT2D eigenvalue weighted by molar-refractivity contribution is 7.94. The van der Waals surface area contributed by atoms with Crippen molar-refractivity contribution >= 4 is 44.8 Å². The first-order chi connectivity index (χ1) is 18.3. The number of carbonyl (C=O) groups excluding carboxylic acids is 3.